The maximum Gasteiger partial charge on any atom is 0.573 e. The summed E-state index contributed by atoms with van der Waals surface area (Å²) in [4.78, 5) is 34.5. The van der Waals surface area contributed by atoms with Gasteiger partial charge in [0.05, 0.1) is 23.5 Å². The predicted octanol–water partition coefficient (Wildman–Crippen LogP) is 5.66. The number of amides is 1. The van der Waals surface area contributed by atoms with E-state index in [1.807, 2.05) is 24.3 Å². The molecule has 1 aromatic heterocycles. The Morgan fingerprint density at radius 3 is 2.58 bits per heavy atom. The SMILES string of the molecule is O=C(CCNCC1(c2ccc(OC(F)(F)F)cc2)CC1)N1CCc2nc(SC3CCC3)n(-c3cccc(S)c3)c(=O)c2C1. The third-order valence-electron chi connectivity index (χ3n) is 8.50. The average molecular weight is 631 g/mol. The van der Waals surface area contributed by atoms with E-state index in [4.69, 9.17) is 4.98 Å². The number of benzene rings is 2. The number of carbonyl (C=O) groups excluding carboxylic acids is 1. The number of hydrogen-bond donors (Lipinski definition) is 2. The molecule has 0 bridgehead atoms. The number of hydrogen-bond acceptors (Lipinski definition) is 7. The number of alkyl halides is 3. The molecular formula is C31H33F3N4O3S2. The van der Waals surface area contributed by atoms with Gasteiger partial charge in [-0.15, -0.1) is 25.8 Å². The minimum absolute atomic E-state index is 0.0344. The number of thioether (sulfide) groups is 1. The molecule has 0 unspecified atom stereocenters. The molecule has 0 radical (unpaired) electrons. The normalized spacial score (nSPS) is 17.7. The highest BCUT2D eigenvalue weighted by Gasteiger charge is 2.44. The van der Waals surface area contributed by atoms with Gasteiger partial charge >= 0.3 is 6.36 Å². The molecule has 12 heteroatoms. The Balaban J connectivity index is 1.08. The van der Waals surface area contributed by atoms with Crippen molar-refractivity contribution in [1.29, 1.82) is 0 Å². The first-order valence-corrected chi connectivity index (χ1v) is 15.9. The van der Waals surface area contributed by atoms with E-state index < -0.39 is 6.36 Å². The fourth-order valence-electron chi connectivity index (χ4n) is 5.65. The summed E-state index contributed by atoms with van der Waals surface area (Å²) >= 11 is 6.13. The summed E-state index contributed by atoms with van der Waals surface area (Å²) in [6.07, 6.45) is 1.37. The van der Waals surface area contributed by atoms with Gasteiger partial charge in [0.1, 0.15) is 5.75 Å². The monoisotopic (exact) mass is 630 g/mol. The summed E-state index contributed by atoms with van der Waals surface area (Å²) in [7, 11) is 0. The summed E-state index contributed by atoms with van der Waals surface area (Å²) < 4.78 is 43.1. The fourth-order valence-corrected chi connectivity index (χ4v) is 7.20. The average Bonchev–Trinajstić information content (AvgIpc) is 3.73. The van der Waals surface area contributed by atoms with Crippen LogP contribution in [0.5, 0.6) is 5.75 Å². The molecule has 228 valence electrons. The third-order valence-corrected chi connectivity index (χ3v) is 10.1. The molecule has 1 N–H and O–H groups in total. The zero-order valence-corrected chi connectivity index (χ0v) is 25.2. The van der Waals surface area contributed by atoms with Crippen molar-refractivity contribution in [3.63, 3.8) is 0 Å². The Hall–Kier alpha value is -2.96. The van der Waals surface area contributed by atoms with Gasteiger partial charge in [-0.2, -0.15) is 0 Å². The molecule has 1 aliphatic heterocycles. The Labute approximate surface area is 257 Å². The summed E-state index contributed by atoms with van der Waals surface area (Å²) in [6, 6.07) is 13.5. The van der Waals surface area contributed by atoms with Gasteiger partial charge in [-0.25, -0.2) is 4.98 Å². The van der Waals surface area contributed by atoms with E-state index in [-0.39, 0.29) is 35.6 Å². The van der Waals surface area contributed by atoms with Gasteiger partial charge in [-0.05, 0) is 61.6 Å². The smallest absolute Gasteiger partial charge is 0.406 e. The third kappa shape index (κ3) is 6.91. The van der Waals surface area contributed by atoms with E-state index in [2.05, 4.69) is 22.7 Å². The molecule has 1 amide bonds. The molecule has 3 aliphatic rings. The second-order valence-corrected chi connectivity index (χ2v) is 13.3. The zero-order valence-electron chi connectivity index (χ0n) is 23.5. The molecule has 2 aromatic carbocycles. The van der Waals surface area contributed by atoms with Crippen molar-refractivity contribution in [2.24, 2.45) is 0 Å². The van der Waals surface area contributed by atoms with Gasteiger partial charge in [0, 0.05) is 48.0 Å². The number of rotatable bonds is 10. The first-order valence-electron chi connectivity index (χ1n) is 14.6. The van der Waals surface area contributed by atoms with Crippen molar-refractivity contribution in [2.75, 3.05) is 19.6 Å². The second-order valence-electron chi connectivity index (χ2n) is 11.5. The van der Waals surface area contributed by atoms with Crippen LogP contribution in [-0.2, 0) is 23.2 Å². The Morgan fingerprint density at radius 1 is 1.16 bits per heavy atom. The predicted molar refractivity (Wildman–Crippen MR) is 161 cm³/mol. The number of thiol groups is 1. The maximum atomic E-state index is 13.9. The van der Waals surface area contributed by atoms with E-state index in [0.717, 1.165) is 47.5 Å². The highest BCUT2D eigenvalue weighted by molar-refractivity contribution is 7.99. The van der Waals surface area contributed by atoms with Crippen LogP contribution < -0.4 is 15.6 Å². The number of nitrogens with one attached hydrogen (secondary N) is 1. The highest BCUT2D eigenvalue weighted by Crippen LogP contribution is 2.48. The van der Waals surface area contributed by atoms with Gasteiger partial charge in [-0.1, -0.05) is 36.4 Å². The largest absolute Gasteiger partial charge is 0.573 e. The summed E-state index contributed by atoms with van der Waals surface area (Å²) in [5, 5.41) is 4.53. The van der Waals surface area contributed by atoms with E-state index >= 15 is 0 Å². The minimum Gasteiger partial charge on any atom is -0.406 e. The molecule has 2 fully saturated rings. The molecule has 3 aromatic rings. The summed E-state index contributed by atoms with van der Waals surface area (Å²) in [6.45, 7) is 1.83. The zero-order chi connectivity index (χ0) is 30.2. The van der Waals surface area contributed by atoms with Crippen LogP contribution >= 0.6 is 24.4 Å². The quantitative estimate of drug-likeness (QED) is 0.171. The first-order chi connectivity index (χ1) is 20.6. The van der Waals surface area contributed by atoms with E-state index in [0.29, 0.717) is 42.0 Å². The number of aromatic nitrogens is 2. The molecule has 43 heavy (non-hydrogen) atoms. The van der Waals surface area contributed by atoms with Crippen LogP contribution in [0.15, 0.2) is 63.4 Å². The van der Waals surface area contributed by atoms with E-state index in [9.17, 15) is 22.8 Å². The van der Waals surface area contributed by atoms with Crippen LogP contribution in [0.4, 0.5) is 13.2 Å². The lowest BCUT2D eigenvalue weighted by atomic mass is 9.96. The van der Waals surface area contributed by atoms with Crippen molar-refractivity contribution in [3.8, 4) is 11.4 Å². The number of nitrogens with zero attached hydrogens (tertiary/aromatic N) is 3. The van der Waals surface area contributed by atoms with E-state index in [1.165, 1.54) is 18.6 Å². The van der Waals surface area contributed by atoms with Gasteiger partial charge in [-0.3, -0.25) is 14.2 Å². The molecule has 2 saturated carbocycles. The Bertz CT molecular complexity index is 1550. The molecule has 2 heterocycles. The lowest BCUT2D eigenvalue weighted by Gasteiger charge is -2.30. The van der Waals surface area contributed by atoms with Gasteiger partial charge < -0.3 is 15.0 Å². The fraction of sp³-hybridized carbons (Fsp3) is 0.452. The number of ether oxygens (including phenoxy) is 1. The maximum absolute atomic E-state index is 13.9. The number of halogens is 3. The topological polar surface area (TPSA) is 76.5 Å². The number of carbonyl (C=O) groups is 1. The molecule has 7 nitrogen and oxygen atoms in total. The van der Waals surface area contributed by atoms with Gasteiger partial charge in [0.15, 0.2) is 5.16 Å². The van der Waals surface area contributed by atoms with E-state index in [1.54, 1.807) is 33.4 Å². The van der Waals surface area contributed by atoms with Crippen LogP contribution in [-0.4, -0.2) is 51.6 Å². The summed E-state index contributed by atoms with van der Waals surface area (Å²) in [5.41, 5.74) is 2.73. The van der Waals surface area contributed by atoms with Crippen molar-refractivity contribution in [1.82, 2.24) is 19.8 Å². The molecule has 0 atom stereocenters. The Kier molecular flexibility index (Phi) is 8.54. The van der Waals surface area contributed by atoms with Crippen LogP contribution in [0.1, 0.15) is 55.3 Å². The molecule has 0 spiro atoms. The lowest BCUT2D eigenvalue weighted by Crippen LogP contribution is -2.42. The molecule has 0 saturated heterocycles. The molecular weight excluding hydrogens is 597 g/mol. The lowest BCUT2D eigenvalue weighted by molar-refractivity contribution is -0.274. The van der Waals surface area contributed by atoms with Crippen molar-refractivity contribution >= 4 is 30.3 Å². The second kappa shape index (κ2) is 12.2. The van der Waals surface area contributed by atoms with Crippen LogP contribution in [0.2, 0.25) is 0 Å². The van der Waals surface area contributed by atoms with Crippen LogP contribution in [0, 0.1) is 0 Å². The highest BCUT2D eigenvalue weighted by atomic mass is 32.2. The molecule has 2 aliphatic carbocycles. The van der Waals surface area contributed by atoms with Crippen molar-refractivity contribution < 1.29 is 22.7 Å². The summed E-state index contributed by atoms with van der Waals surface area (Å²) in [5.74, 6) is -0.271. The Morgan fingerprint density at radius 2 is 1.93 bits per heavy atom. The first kappa shape index (κ1) is 30.1. The van der Waals surface area contributed by atoms with Crippen LogP contribution in [0.3, 0.4) is 0 Å². The van der Waals surface area contributed by atoms with Crippen molar-refractivity contribution in [2.45, 2.75) is 78.6 Å². The van der Waals surface area contributed by atoms with Crippen LogP contribution in [0.25, 0.3) is 5.69 Å². The molecule has 6 rings (SSSR count). The minimum atomic E-state index is -4.72. The standard InChI is InChI=1S/C31H33F3N4O3S2/c32-31(33,34)41-22-9-7-20(8-10-22)30(13-14-30)19-35-15-11-27(39)37-16-12-26-25(18-37)28(40)38(21-3-1-4-23(42)17-21)29(36-26)43-24-5-2-6-24/h1,3-4,7-10,17,24,35,42H,2,5-6,11-16,18-19H2. The van der Waals surface area contributed by atoms with Gasteiger partial charge in [0.25, 0.3) is 5.56 Å². The van der Waals surface area contributed by atoms with Crippen molar-refractivity contribution in [3.05, 3.63) is 75.7 Å². The number of fused-ring (bicyclic) bond motifs is 1. The van der Waals surface area contributed by atoms with Gasteiger partial charge in [0.2, 0.25) is 5.91 Å².